The number of aryl methyl sites for hydroxylation is 4. The second kappa shape index (κ2) is 4.63. The summed E-state index contributed by atoms with van der Waals surface area (Å²) < 4.78 is 5.51. The molecule has 0 radical (unpaired) electrons. The van der Waals surface area contributed by atoms with E-state index in [-0.39, 0.29) is 6.04 Å². The quantitative estimate of drug-likeness (QED) is 0.910. The summed E-state index contributed by atoms with van der Waals surface area (Å²) in [5.41, 5.74) is 8.41. The van der Waals surface area contributed by atoms with Crippen molar-refractivity contribution in [2.24, 2.45) is 5.73 Å². The maximum Gasteiger partial charge on any atom is 0.105 e. The molecule has 0 aromatic carbocycles. The molecule has 0 aliphatic carbocycles. The molecule has 2 N–H and O–H groups in total. The highest BCUT2D eigenvalue weighted by Crippen LogP contribution is 2.25. The number of thiazole rings is 1. The molecule has 0 saturated heterocycles. The molecular formula is C13H18N2OS. The molecule has 0 bridgehead atoms. The Hall–Kier alpha value is -1.13. The third-order valence-corrected chi connectivity index (χ3v) is 4.04. The normalized spacial score (nSPS) is 13.0. The van der Waals surface area contributed by atoms with Crippen LogP contribution in [0.5, 0.6) is 0 Å². The standard InChI is InChI=1S/C13H18N2OS/c1-7-5-11(9(3)16-7)12(14)6-13-15-8(2)10(4)17-13/h5,12H,6,14H2,1-4H3. The zero-order valence-corrected chi connectivity index (χ0v) is 11.5. The van der Waals surface area contributed by atoms with Gasteiger partial charge < -0.3 is 10.2 Å². The first kappa shape index (κ1) is 12.3. The van der Waals surface area contributed by atoms with E-state index < -0.39 is 0 Å². The maximum atomic E-state index is 6.21. The van der Waals surface area contributed by atoms with Gasteiger partial charge in [-0.2, -0.15) is 0 Å². The molecular weight excluding hydrogens is 232 g/mol. The molecule has 2 aromatic rings. The molecule has 17 heavy (non-hydrogen) atoms. The number of rotatable bonds is 3. The fourth-order valence-electron chi connectivity index (χ4n) is 1.94. The number of nitrogens with two attached hydrogens (primary N) is 1. The van der Waals surface area contributed by atoms with E-state index in [0.29, 0.717) is 0 Å². The van der Waals surface area contributed by atoms with Crippen molar-refractivity contribution in [1.82, 2.24) is 4.98 Å². The minimum absolute atomic E-state index is 0.0302. The van der Waals surface area contributed by atoms with Gasteiger partial charge >= 0.3 is 0 Å². The van der Waals surface area contributed by atoms with Crippen molar-refractivity contribution in [2.45, 2.75) is 40.2 Å². The summed E-state index contributed by atoms with van der Waals surface area (Å²) in [6.07, 6.45) is 0.777. The van der Waals surface area contributed by atoms with E-state index in [1.807, 2.05) is 26.8 Å². The molecule has 2 rings (SSSR count). The van der Waals surface area contributed by atoms with Crippen LogP contribution in [0.15, 0.2) is 10.5 Å². The molecule has 4 heteroatoms. The second-order valence-corrected chi connectivity index (χ2v) is 5.72. The highest BCUT2D eigenvalue weighted by molar-refractivity contribution is 7.11. The fourth-order valence-corrected chi connectivity index (χ4v) is 2.94. The average molecular weight is 250 g/mol. The lowest BCUT2D eigenvalue weighted by atomic mass is 10.1. The summed E-state index contributed by atoms with van der Waals surface area (Å²) in [4.78, 5) is 5.79. The predicted octanol–water partition coefficient (Wildman–Crippen LogP) is 3.21. The van der Waals surface area contributed by atoms with Gasteiger partial charge in [0.05, 0.1) is 10.7 Å². The molecule has 0 amide bonds. The molecule has 2 heterocycles. The van der Waals surface area contributed by atoms with E-state index in [1.165, 1.54) is 4.88 Å². The molecule has 0 saturated carbocycles. The van der Waals surface area contributed by atoms with Gasteiger partial charge in [-0.25, -0.2) is 4.98 Å². The minimum Gasteiger partial charge on any atom is -0.466 e. The van der Waals surface area contributed by atoms with Crippen LogP contribution in [0.2, 0.25) is 0 Å². The molecule has 1 unspecified atom stereocenters. The van der Waals surface area contributed by atoms with Gasteiger partial charge in [0.25, 0.3) is 0 Å². The van der Waals surface area contributed by atoms with Gasteiger partial charge in [-0.15, -0.1) is 11.3 Å². The Morgan fingerprint density at radius 2 is 2.06 bits per heavy atom. The summed E-state index contributed by atoms with van der Waals surface area (Å²) in [5.74, 6) is 1.83. The Bertz CT molecular complexity index is 508. The van der Waals surface area contributed by atoms with Crippen molar-refractivity contribution >= 4 is 11.3 Å². The Labute approximate surface area is 106 Å². The largest absolute Gasteiger partial charge is 0.466 e. The zero-order valence-electron chi connectivity index (χ0n) is 10.7. The first-order valence-electron chi connectivity index (χ1n) is 5.72. The topological polar surface area (TPSA) is 52.0 Å². The van der Waals surface area contributed by atoms with Crippen molar-refractivity contribution < 1.29 is 4.42 Å². The van der Waals surface area contributed by atoms with Crippen LogP contribution < -0.4 is 5.73 Å². The van der Waals surface area contributed by atoms with Crippen LogP contribution in [-0.4, -0.2) is 4.98 Å². The van der Waals surface area contributed by atoms with Crippen molar-refractivity contribution in [1.29, 1.82) is 0 Å². The van der Waals surface area contributed by atoms with Crippen molar-refractivity contribution in [2.75, 3.05) is 0 Å². The van der Waals surface area contributed by atoms with Crippen LogP contribution in [0.1, 0.15) is 38.7 Å². The van der Waals surface area contributed by atoms with E-state index in [9.17, 15) is 0 Å². The van der Waals surface area contributed by atoms with Crippen molar-refractivity contribution in [3.63, 3.8) is 0 Å². The van der Waals surface area contributed by atoms with Crippen molar-refractivity contribution in [3.8, 4) is 0 Å². The van der Waals surface area contributed by atoms with Crippen molar-refractivity contribution in [3.05, 3.63) is 38.7 Å². The number of aromatic nitrogens is 1. The van der Waals surface area contributed by atoms with Crippen LogP contribution >= 0.6 is 11.3 Å². The highest BCUT2D eigenvalue weighted by atomic mass is 32.1. The summed E-state index contributed by atoms with van der Waals surface area (Å²) in [5, 5.41) is 1.10. The van der Waals surface area contributed by atoms with E-state index in [0.717, 1.165) is 34.2 Å². The fraction of sp³-hybridized carbons (Fsp3) is 0.462. The summed E-state index contributed by atoms with van der Waals surface area (Å²) in [6.45, 7) is 8.03. The lowest BCUT2D eigenvalue weighted by Crippen LogP contribution is -2.13. The van der Waals surface area contributed by atoms with E-state index in [1.54, 1.807) is 11.3 Å². The summed E-state index contributed by atoms with van der Waals surface area (Å²) in [7, 11) is 0. The van der Waals surface area contributed by atoms with Crippen LogP contribution in [0.4, 0.5) is 0 Å². The third kappa shape index (κ3) is 2.58. The monoisotopic (exact) mass is 250 g/mol. The average Bonchev–Trinajstić information content (AvgIpc) is 2.71. The lowest BCUT2D eigenvalue weighted by Gasteiger charge is -2.08. The second-order valence-electron chi connectivity index (χ2n) is 4.43. The van der Waals surface area contributed by atoms with Crippen LogP contribution in [0.3, 0.4) is 0 Å². The summed E-state index contributed by atoms with van der Waals surface area (Å²) in [6, 6.07) is 1.99. The van der Waals surface area contributed by atoms with Gasteiger partial charge in [0.1, 0.15) is 11.5 Å². The Morgan fingerprint density at radius 3 is 2.53 bits per heavy atom. The van der Waals surface area contributed by atoms with Gasteiger partial charge in [0.15, 0.2) is 0 Å². The lowest BCUT2D eigenvalue weighted by molar-refractivity contribution is 0.497. The highest BCUT2D eigenvalue weighted by Gasteiger charge is 2.15. The van der Waals surface area contributed by atoms with E-state index in [4.69, 9.17) is 10.2 Å². The van der Waals surface area contributed by atoms with Crippen LogP contribution in [-0.2, 0) is 6.42 Å². The Morgan fingerprint density at radius 1 is 1.35 bits per heavy atom. The molecule has 3 nitrogen and oxygen atoms in total. The van der Waals surface area contributed by atoms with E-state index in [2.05, 4.69) is 11.9 Å². The summed E-state index contributed by atoms with van der Waals surface area (Å²) >= 11 is 1.73. The predicted molar refractivity (Wildman–Crippen MR) is 70.4 cm³/mol. The van der Waals surface area contributed by atoms with Gasteiger partial charge in [0, 0.05) is 22.9 Å². The SMILES string of the molecule is Cc1cc(C(N)Cc2nc(C)c(C)s2)c(C)o1. The zero-order chi connectivity index (χ0) is 12.6. The molecule has 1 atom stereocenters. The molecule has 0 aliphatic heterocycles. The maximum absolute atomic E-state index is 6.21. The minimum atomic E-state index is -0.0302. The number of hydrogen-bond acceptors (Lipinski definition) is 4. The van der Waals surface area contributed by atoms with Gasteiger partial charge in [0.2, 0.25) is 0 Å². The van der Waals surface area contributed by atoms with Gasteiger partial charge in [-0.3, -0.25) is 0 Å². The number of furan rings is 1. The van der Waals surface area contributed by atoms with Crippen LogP contribution in [0.25, 0.3) is 0 Å². The number of hydrogen-bond donors (Lipinski definition) is 1. The first-order valence-corrected chi connectivity index (χ1v) is 6.54. The molecule has 92 valence electrons. The molecule has 0 spiro atoms. The Balaban J connectivity index is 2.16. The smallest absolute Gasteiger partial charge is 0.105 e. The molecule has 2 aromatic heterocycles. The first-order chi connectivity index (χ1) is 7.97. The van der Waals surface area contributed by atoms with Crippen LogP contribution in [0, 0.1) is 27.7 Å². The van der Waals surface area contributed by atoms with Gasteiger partial charge in [-0.1, -0.05) is 0 Å². The Kier molecular flexibility index (Phi) is 3.35. The third-order valence-electron chi connectivity index (χ3n) is 2.95. The molecule has 0 fully saturated rings. The van der Waals surface area contributed by atoms with Gasteiger partial charge in [-0.05, 0) is 33.8 Å². The number of nitrogens with zero attached hydrogens (tertiary/aromatic N) is 1. The van der Waals surface area contributed by atoms with E-state index >= 15 is 0 Å². The molecule has 0 aliphatic rings.